The summed E-state index contributed by atoms with van der Waals surface area (Å²) in [6, 6.07) is 0. The highest BCUT2D eigenvalue weighted by atomic mass is 16.2. The molecule has 1 heterocycles. The van der Waals surface area contributed by atoms with Gasteiger partial charge in [0.05, 0.1) is 12.4 Å². The third-order valence-corrected chi connectivity index (χ3v) is 3.19. The van der Waals surface area contributed by atoms with Crippen LogP contribution in [0.3, 0.4) is 0 Å². The Labute approximate surface area is 114 Å². The van der Waals surface area contributed by atoms with Gasteiger partial charge in [-0.2, -0.15) is 0 Å². The molecule has 104 valence electrons. The maximum Gasteiger partial charge on any atom is 0.274 e. The van der Waals surface area contributed by atoms with E-state index in [0.717, 1.165) is 26.1 Å². The van der Waals surface area contributed by atoms with Crippen LogP contribution in [0.2, 0.25) is 0 Å². The number of rotatable bonds is 7. The van der Waals surface area contributed by atoms with Gasteiger partial charge in [0.15, 0.2) is 0 Å². The molecule has 1 amide bonds. The van der Waals surface area contributed by atoms with E-state index in [1.54, 1.807) is 12.4 Å². The molecule has 0 bridgehead atoms. The summed E-state index contributed by atoms with van der Waals surface area (Å²) in [6.45, 7) is 6.55. The van der Waals surface area contributed by atoms with Crippen molar-refractivity contribution >= 4 is 11.7 Å². The second-order valence-corrected chi connectivity index (χ2v) is 5.01. The maximum atomic E-state index is 12.4. The summed E-state index contributed by atoms with van der Waals surface area (Å²) >= 11 is 0. The van der Waals surface area contributed by atoms with Crippen molar-refractivity contribution in [2.24, 2.45) is 5.92 Å². The normalized spacial score (nSPS) is 14.2. The maximum absolute atomic E-state index is 12.4. The minimum atomic E-state index is 0.00398. The molecular weight excluding hydrogens is 240 g/mol. The zero-order chi connectivity index (χ0) is 13.7. The van der Waals surface area contributed by atoms with Crippen molar-refractivity contribution in [3.8, 4) is 0 Å². The average Bonchev–Trinajstić information content (AvgIpc) is 3.23. The van der Waals surface area contributed by atoms with Gasteiger partial charge < -0.3 is 10.2 Å². The van der Waals surface area contributed by atoms with E-state index in [1.807, 2.05) is 11.8 Å². The Morgan fingerprint density at radius 1 is 1.37 bits per heavy atom. The number of nitrogens with one attached hydrogen (secondary N) is 1. The van der Waals surface area contributed by atoms with Gasteiger partial charge in [0.2, 0.25) is 0 Å². The summed E-state index contributed by atoms with van der Waals surface area (Å²) in [7, 11) is 0. The predicted octanol–water partition coefficient (Wildman–Crippen LogP) is 2.17. The Hall–Kier alpha value is -1.65. The van der Waals surface area contributed by atoms with Gasteiger partial charge >= 0.3 is 0 Å². The molecule has 1 aliphatic carbocycles. The molecule has 2 rings (SSSR count). The van der Waals surface area contributed by atoms with Crippen molar-refractivity contribution < 1.29 is 4.79 Å². The van der Waals surface area contributed by atoms with E-state index in [4.69, 9.17) is 0 Å². The third kappa shape index (κ3) is 3.91. The third-order valence-electron chi connectivity index (χ3n) is 3.19. The van der Waals surface area contributed by atoms with Crippen LogP contribution in [-0.4, -0.2) is 40.4 Å². The lowest BCUT2D eigenvalue weighted by Crippen LogP contribution is -2.34. The molecule has 0 radical (unpaired) electrons. The molecule has 19 heavy (non-hydrogen) atoms. The van der Waals surface area contributed by atoms with Gasteiger partial charge in [-0.25, -0.2) is 9.97 Å². The van der Waals surface area contributed by atoms with Gasteiger partial charge in [0.25, 0.3) is 5.91 Å². The van der Waals surface area contributed by atoms with Crippen LogP contribution < -0.4 is 5.32 Å². The van der Waals surface area contributed by atoms with Crippen molar-refractivity contribution in [3.63, 3.8) is 0 Å². The predicted molar refractivity (Wildman–Crippen MR) is 75.1 cm³/mol. The number of carbonyl (C=O) groups excluding carboxylic acids is 1. The first-order valence-corrected chi connectivity index (χ1v) is 7.09. The number of nitrogens with zero attached hydrogens (tertiary/aromatic N) is 3. The average molecular weight is 262 g/mol. The standard InChI is InChI=1S/C14H22N4O/c1-3-7-18(10-11-5-6-11)14(19)12-8-17-13(9-16-12)15-4-2/h8-9,11H,3-7,10H2,1-2H3,(H,15,17). The van der Waals surface area contributed by atoms with Gasteiger partial charge in [0, 0.05) is 19.6 Å². The highest BCUT2D eigenvalue weighted by molar-refractivity contribution is 5.92. The monoisotopic (exact) mass is 262 g/mol. The molecule has 0 saturated heterocycles. The topological polar surface area (TPSA) is 58.1 Å². The second-order valence-electron chi connectivity index (χ2n) is 5.01. The number of anilines is 1. The Balaban J connectivity index is 2.02. The Morgan fingerprint density at radius 2 is 2.16 bits per heavy atom. The summed E-state index contributed by atoms with van der Waals surface area (Å²) < 4.78 is 0. The summed E-state index contributed by atoms with van der Waals surface area (Å²) in [6.07, 6.45) is 6.66. The molecule has 0 atom stereocenters. The summed E-state index contributed by atoms with van der Waals surface area (Å²) in [5.41, 5.74) is 0.441. The van der Waals surface area contributed by atoms with Crippen molar-refractivity contribution in [1.29, 1.82) is 0 Å². The second kappa shape index (κ2) is 6.50. The van der Waals surface area contributed by atoms with E-state index in [2.05, 4.69) is 22.2 Å². The van der Waals surface area contributed by atoms with Crippen LogP contribution >= 0.6 is 0 Å². The summed E-state index contributed by atoms with van der Waals surface area (Å²) in [5.74, 6) is 1.41. The lowest BCUT2D eigenvalue weighted by Gasteiger charge is -2.21. The molecule has 0 aliphatic heterocycles. The Morgan fingerprint density at radius 3 is 2.68 bits per heavy atom. The Kier molecular flexibility index (Phi) is 4.71. The lowest BCUT2D eigenvalue weighted by atomic mass is 10.3. The minimum absolute atomic E-state index is 0.00398. The molecule has 1 saturated carbocycles. The summed E-state index contributed by atoms with van der Waals surface area (Å²) in [4.78, 5) is 22.7. The fourth-order valence-electron chi connectivity index (χ4n) is 2.03. The zero-order valence-corrected chi connectivity index (χ0v) is 11.7. The van der Waals surface area contributed by atoms with Crippen LogP contribution in [0.15, 0.2) is 12.4 Å². The number of aromatic nitrogens is 2. The Bertz CT molecular complexity index is 414. The van der Waals surface area contributed by atoms with Gasteiger partial charge in [-0.05, 0) is 32.1 Å². The van der Waals surface area contributed by atoms with E-state index in [9.17, 15) is 4.79 Å². The number of hydrogen-bond acceptors (Lipinski definition) is 4. The van der Waals surface area contributed by atoms with E-state index in [1.165, 1.54) is 12.8 Å². The minimum Gasteiger partial charge on any atom is -0.369 e. The van der Waals surface area contributed by atoms with Crippen molar-refractivity contribution in [1.82, 2.24) is 14.9 Å². The first-order valence-electron chi connectivity index (χ1n) is 7.09. The van der Waals surface area contributed by atoms with Crippen molar-refractivity contribution in [3.05, 3.63) is 18.1 Å². The van der Waals surface area contributed by atoms with Crippen LogP contribution in [0.4, 0.5) is 5.82 Å². The molecule has 0 aromatic carbocycles. The summed E-state index contributed by atoms with van der Waals surface area (Å²) in [5, 5.41) is 3.07. The largest absolute Gasteiger partial charge is 0.369 e. The van der Waals surface area contributed by atoms with Gasteiger partial charge in [-0.1, -0.05) is 6.92 Å². The molecule has 1 aliphatic rings. The van der Waals surface area contributed by atoms with Crippen LogP contribution in [0, 0.1) is 5.92 Å². The molecule has 5 nitrogen and oxygen atoms in total. The van der Waals surface area contributed by atoms with Gasteiger partial charge in [-0.3, -0.25) is 4.79 Å². The highest BCUT2D eigenvalue weighted by Crippen LogP contribution is 2.30. The number of hydrogen-bond donors (Lipinski definition) is 1. The lowest BCUT2D eigenvalue weighted by molar-refractivity contribution is 0.0741. The smallest absolute Gasteiger partial charge is 0.274 e. The first kappa shape index (κ1) is 13.8. The van der Waals surface area contributed by atoms with Gasteiger partial charge in [-0.15, -0.1) is 0 Å². The SMILES string of the molecule is CCCN(CC1CC1)C(=O)c1cnc(NCC)cn1. The van der Waals surface area contributed by atoms with Crippen LogP contribution in [0.5, 0.6) is 0 Å². The quantitative estimate of drug-likeness (QED) is 0.818. The molecule has 0 spiro atoms. The zero-order valence-electron chi connectivity index (χ0n) is 11.7. The fraction of sp³-hybridized carbons (Fsp3) is 0.643. The van der Waals surface area contributed by atoms with Crippen molar-refractivity contribution in [2.45, 2.75) is 33.1 Å². The molecule has 0 unspecified atom stereocenters. The van der Waals surface area contributed by atoms with E-state index < -0.39 is 0 Å². The first-order chi connectivity index (χ1) is 9.24. The molecule has 1 aromatic rings. The molecule has 5 heteroatoms. The number of amides is 1. The highest BCUT2D eigenvalue weighted by Gasteiger charge is 2.27. The molecule has 1 aromatic heterocycles. The van der Waals surface area contributed by atoms with Crippen molar-refractivity contribution in [2.75, 3.05) is 25.0 Å². The molecule has 1 N–H and O–H groups in total. The van der Waals surface area contributed by atoms with Crippen LogP contribution in [-0.2, 0) is 0 Å². The van der Waals surface area contributed by atoms with Crippen LogP contribution in [0.1, 0.15) is 43.6 Å². The number of carbonyl (C=O) groups is 1. The van der Waals surface area contributed by atoms with E-state index in [-0.39, 0.29) is 5.91 Å². The van der Waals surface area contributed by atoms with Gasteiger partial charge in [0.1, 0.15) is 11.5 Å². The van der Waals surface area contributed by atoms with E-state index in [0.29, 0.717) is 17.4 Å². The van der Waals surface area contributed by atoms with Crippen LogP contribution in [0.25, 0.3) is 0 Å². The van der Waals surface area contributed by atoms with E-state index >= 15 is 0 Å². The fourth-order valence-corrected chi connectivity index (χ4v) is 2.03. The molecule has 1 fully saturated rings. The molecular formula is C14H22N4O.